The summed E-state index contributed by atoms with van der Waals surface area (Å²) >= 11 is 0. The van der Waals surface area contributed by atoms with Crippen LogP contribution < -0.4 is 5.46 Å². The zero-order valence-electron chi connectivity index (χ0n) is 11.4. The van der Waals surface area contributed by atoms with Gasteiger partial charge in [0.2, 0.25) is 0 Å². The van der Waals surface area contributed by atoms with Crippen LogP contribution in [0.15, 0.2) is 24.3 Å². The SMILES string of the molecule is BCc1ccc(B2OC(C)(C)C(C)(C)O2)cc1. The molecule has 1 fully saturated rings. The molecule has 1 saturated heterocycles. The second kappa shape index (κ2) is 4.18. The maximum absolute atomic E-state index is 6.00. The van der Waals surface area contributed by atoms with E-state index in [9.17, 15) is 0 Å². The Bertz CT molecular complexity index is 382. The van der Waals surface area contributed by atoms with Crippen molar-refractivity contribution in [3.8, 4) is 0 Å². The van der Waals surface area contributed by atoms with E-state index in [-0.39, 0.29) is 18.3 Å². The van der Waals surface area contributed by atoms with Gasteiger partial charge in [0, 0.05) is 0 Å². The van der Waals surface area contributed by atoms with Crippen molar-refractivity contribution in [3.63, 3.8) is 0 Å². The summed E-state index contributed by atoms with van der Waals surface area (Å²) in [6, 6.07) is 8.47. The third kappa shape index (κ3) is 2.29. The average Bonchev–Trinajstić information content (AvgIpc) is 2.48. The second-order valence-electron chi connectivity index (χ2n) is 5.68. The predicted molar refractivity (Wildman–Crippen MR) is 74.4 cm³/mol. The van der Waals surface area contributed by atoms with E-state index >= 15 is 0 Å². The molecular formula is C13H20B2O2. The van der Waals surface area contributed by atoms with Gasteiger partial charge >= 0.3 is 7.12 Å². The quantitative estimate of drug-likeness (QED) is 0.708. The van der Waals surface area contributed by atoms with Crippen LogP contribution in [0.3, 0.4) is 0 Å². The molecule has 0 atom stereocenters. The van der Waals surface area contributed by atoms with Gasteiger partial charge in [-0.25, -0.2) is 0 Å². The first kappa shape index (κ1) is 12.7. The lowest BCUT2D eigenvalue weighted by molar-refractivity contribution is 0.00578. The summed E-state index contributed by atoms with van der Waals surface area (Å²) in [5, 5.41) is 0. The Labute approximate surface area is 105 Å². The summed E-state index contributed by atoms with van der Waals surface area (Å²) < 4.78 is 12.0. The van der Waals surface area contributed by atoms with E-state index in [2.05, 4.69) is 59.8 Å². The maximum Gasteiger partial charge on any atom is 0.494 e. The molecule has 2 rings (SSSR count). The number of hydrogen-bond acceptors (Lipinski definition) is 2. The molecule has 0 aromatic heterocycles. The molecular weight excluding hydrogens is 210 g/mol. The van der Waals surface area contributed by atoms with Gasteiger partial charge in [-0.15, -0.1) is 0 Å². The molecule has 0 radical (unpaired) electrons. The van der Waals surface area contributed by atoms with Crippen molar-refractivity contribution < 1.29 is 9.31 Å². The third-order valence-electron chi connectivity index (χ3n) is 3.91. The van der Waals surface area contributed by atoms with Gasteiger partial charge in [-0.2, -0.15) is 0 Å². The lowest BCUT2D eigenvalue weighted by Gasteiger charge is -2.32. The van der Waals surface area contributed by atoms with Crippen molar-refractivity contribution in [3.05, 3.63) is 29.8 Å². The molecule has 90 valence electrons. The Morgan fingerprint density at radius 3 is 1.88 bits per heavy atom. The van der Waals surface area contributed by atoms with Crippen molar-refractivity contribution in [1.29, 1.82) is 0 Å². The highest BCUT2D eigenvalue weighted by atomic mass is 16.7. The zero-order chi connectivity index (χ0) is 12.7. The van der Waals surface area contributed by atoms with E-state index in [1.165, 1.54) is 5.56 Å². The monoisotopic (exact) mass is 230 g/mol. The van der Waals surface area contributed by atoms with Gasteiger partial charge in [0.05, 0.1) is 11.2 Å². The fourth-order valence-corrected chi connectivity index (χ4v) is 1.89. The van der Waals surface area contributed by atoms with Gasteiger partial charge in [0.15, 0.2) is 0 Å². The highest BCUT2D eigenvalue weighted by molar-refractivity contribution is 6.62. The molecule has 2 nitrogen and oxygen atoms in total. The van der Waals surface area contributed by atoms with Crippen molar-refractivity contribution in [2.75, 3.05) is 0 Å². The number of hydrogen-bond donors (Lipinski definition) is 0. The molecule has 1 heterocycles. The standard InChI is InChI=1S/C13H20B2O2/c1-12(2)13(3,4)17-15(16-12)11-7-5-10(9-14)6-8-11/h5-8H,9,14H2,1-4H3. The summed E-state index contributed by atoms with van der Waals surface area (Å²) in [5.74, 6) is 0. The topological polar surface area (TPSA) is 18.5 Å². The largest absolute Gasteiger partial charge is 0.494 e. The highest BCUT2D eigenvalue weighted by Crippen LogP contribution is 2.36. The second-order valence-corrected chi connectivity index (χ2v) is 5.68. The molecule has 1 aromatic carbocycles. The molecule has 1 aromatic rings. The first-order valence-corrected chi connectivity index (χ1v) is 6.30. The molecule has 0 N–H and O–H groups in total. The Balaban J connectivity index is 2.20. The fraction of sp³-hybridized carbons (Fsp3) is 0.538. The lowest BCUT2D eigenvalue weighted by atomic mass is 9.78. The van der Waals surface area contributed by atoms with Crippen molar-refractivity contribution in [2.45, 2.75) is 45.2 Å². The minimum absolute atomic E-state index is 0.245. The van der Waals surface area contributed by atoms with Crippen LogP contribution in [-0.4, -0.2) is 26.2 Å². The summed E-state index contributed by atoms with van der Waals surface area (Å²) in [6.45, 7) is 8.31. The van der Waals surface area contributed by atoms with Gasteiger partial charge in [0.25, 0.3) is 0 Å². The van der Waals surface area contributed by atoms with E-state index in [0.29, 0.717) is 0 Å². The first-order chi connectivity index (χ1) is 7.86. The predicted octanol–water partition coefficient (Wildman–Crippen LogP) is 1.12. The maximum atomic E-state index is 6.00. The number of rotatable bonds is 2. The Kier molecular flexibility index (Phi) is 3.13. The van der Waals surface area contributed by atoms with Crippen LogP contribution in [-0.2, 0) is 15.6 Å². The molecule has 0 bridgehead atoms. The van der Waals surface area contributed by atoms with E-state index in [0.717, 1.165) is 11.8 Å². The van der Waals surface area contributed by atoms with Gasteiger partial charge in [-0.1, -0.05) is 36.1 Å². The molecule has 0 saturated carbocycles. The van der Waals surface area contributed by atoms with Crippen LogP contribution in [0.5, 0.6) is 0 Å². The Hall–Kier alpha value is -0.730. The van der Waals surface area contributed by atoms with Crippen LogP contribution in [0.1, 0.15) is 33.3 Å². The van der Waals surface area contributed by atoms with E-state index in [1.807, 2.05) is 0 Å². The van der Waals surface area contributed by atoms with E-state index in [4.69, 9.17) is 9.31 Å². The molecule has 0 spiro atoms. The molecule has 0 aliphatic carbocycles. The normalized spacial score (nSPS) is 21.8. The Morgan fingerprint density at radius 2 is 1.47 bits per heavy atom. The van der Waals surface area contributed by atoms with Crippen molar-refractivity contribution in [1.82, 2.24) is 0 Å². The lowest BCUT2D eigenvalue weighted by Crippen LogP contribution is -2.41. The van der Waals surface area contributed by atoms with E-state index < -0.39 is 0 Å². The molecule has 0 amide bonds. The zero-order valence-corrected chi connectivity index (χ0v) is 11.4. The minimum atomic E-state index is -0.263. The average molecular weight is 230 g/mol. The van der Waals surface area contributed by atoms with Gasteiger partial charge in [0.1, 0.15) is 7.85 Å². The summed E-state index contributed by atoms with van der Waals surface area (Å²) in [7, 11) is 1.91. The smallest absolute Gasteiger partial charge is 0.399 e. The van der Waals surface area contributed by atoms with Gasteiger partial charge in [-0.05, 0) is 33.2 Å². The summed E-state index contributed by atoms with van der Waals surface area (Å²) in [4.78, 5) is 0. The molecule has 4 heteroatoms. The Morgan fingerprint density at radius 1 is 1.00 bits per heavy atom. The fourth-order valence-electron chi connectivity index (χ4n) is 1.89. The highest BCUT2D eigenvalue weighted by Gasteiger charge is 2.51. The molecule has 0 unspecified atom stereocenters. The van der Waals surface area contributed by atoms with Crippen LogP contribution in [0.4, 0.5) is 0 Å². The van der Waals surface area contributed by atoms with Crippen molar-refractivity contribution >= 4 is 20.4 Å². The van der Waals surface area contributed by atoms with Crippen LogP contribution in [0.2, 0.25) is 0 Å². The molecule has 17 heavy (non-hydrogen) atoms. The molecule has 1 aliphatic heterocycles. The number of benzene rings is 1. The van der Waals surface area contributed by atoms with Gasteiger partial charge < -0.3 is 9.31 Å². The van der Waals surface area contributed by atoms with Gasteiger partial charge in [-0.3, -0.25) is 0 Å². The van der Waals surface area contributed by atoms with Crippen LogP contribution >= 0.6 is 0 Å². The minimum Gasteiger partial charge on any atom is -0.399 e. The molecule has 1 aliphatic rings. The van der Waals surface area contributed by atoms with Crippen LogP contribution in [0, 0.1) is 0 Å². The first-order valence-electron chi connectivity index (χ1n) is 6.30. The van der Waals surface area contributed by atoms with Crippen LogP contribution in [0.25, 0.3) is 0 Å². The van der Waals surface area contributed by atoms with E-state index in [1.54, 1.807) is 0 Å². The van der Waals surface area contributed by atoms with Crippen molar-refractivity contribution in [2.24, 2.45) is 0 Å². The summed E-state index contributed by atoms with van der Waals surface area (Å²) in [5.41, 5.74) is 1.91. The summed E-state index contributed by atoms with van der Waals surface area (Å²) in [6.07, 6.45) is 1.06. The third-order valence-corrected chi connectivity index (χ3v) is 3.91.